The van der Waals surface area contributed by atoms with E-state index in [2.05, 4.69) is 26.5 Å². The van der Waals surface area contributed by atoms with Gasteiger partial charge in [-0.15, -0.1) is 13.2 Å². The highest BCUT2D eigenvalue weighted by Crippen LogP contribution is 2.26. The van der Waals surface area contributed by atoms with E-state index in [9.17, 15) is 13.2 Å². The fourth-order valence-electron chi connectivity index (χ4n) is 3.59. The van der Waals surface area contributed by atoms with E-state index in [1.54, 1.807) is 4.68 Å². The van der Waals surface area contributed by atoms with Crippen LogP contribution >= 0.6 is 0 Å². The van der Waals surface area contributed by atoms with Crippen LogP contribution in [0.25, 0.3) is 11.0 Å². The molecule has 0 fully saturated rings. The number of imidazole rings is 1. The average molecular weight is 459 g/mol. The van der Waals surface area contributed by atoms with Gasteiger partial charge in [-0.1, -0.05) is 6.07 Å². The molecule has 2 aromatic carbocycles. The molecule has 0 bridgehead atoms. The van der Waals surface area contributed by atoms with E-state index >= 15 is 0 Å². The Bertz CT molecular complexity index is 1230. The molecule has 7 nitrogen and oxygen atoms in total. The number of anilines is 1. The Balaban J connectivity index is 1.49. The number of nitrogens with zero attached hydrogens (tertiary/aromatic N) is 5. The van der Waals surface area contributed by atoms with Crippen LogP contribution in [0.3, 0.4) is 0 Å². The highest BCUT2D eigenvalue weighted by molar-refractivity contribution is 5.79. The highest BCUT2D eigenvalue weighted by atomic mass is 19.4. The number of benzene rings is 2. The average Bonchev–Trinajstić information content (AvgIpc) is 3.31. The standard InChI is InChI=1S/C23H24F3N5O2/c1-29(2)22-27-20-9-4-16(14-17-10-11-30(3)28-17)15-21(20)31(22)12-13-32-18-5-7-19(8-6-18)33-23(24,25)26/h4-11,15H,12-14H2,1-3H3. The van der Waals surface area contributed by atoms with Gasteiger partial charge in [0, 0.05) is 33.8 Å². The van der Waals surface area contributed by atoms with Crippen LogP contribution in [0.1, 0.15) is 11.3 Å². The summed E-state index contributed by atoms with van der Waals surface area (Å²) in [6.07, 6.45) is -2.09. The van der Waals surface area contributed by atoms with Crippen molar-refractivity contribution in [3.05, 3.63) is 66.0 Å². The number of rotatable bonds is 8. The van der Waals surface area contributed by atoms with Crippen LogP contribution in [0, 0.1) is 0 Å². The minimum absolute atomic E-state index is 0.286. The zero-order chi connectivity index (χ0) is 23.6. The first-order valence-corrected chi connectivity index (χ1v) is 10.3. The van der Waals surface area contributed by atoms with E-state index in [4.69, 9.17) is 9.72 Å². The number of hydrogen-bond donors (Lipinski definition) is 0. The number of fused-ring (bicyclic) bond motifs is 1. The molecule has 0 saturated carbocycles. The molecule has 2 heterocycles. The molecule has 0 unspecified atom stereocenters. The Labute approximate surface area is 189 Å². The molecule has 4 aromatic rings. The largest absolute Gasteiger partial charge is 0.573 e. The molecule has 0 atom stereocenters. The molecule has 33 heavy (non-hydrogen) atoms. The molecule has 0 spiro atoms. The predicted octanol–water partition coefficient (Wildman–Crippen LogP) is 4.40. The fraction of sp³-hybridized carbons (Fsp3) is 0.304. The smallest absolute Gasteiger partial charge is 0.492 e. The predicted molar refractivity (Wildman–Crippen MR) is 119 cm³/mol. The van der Waals surface area contributed by atoms with E-state index in [0.717, 1.165) is 28.2 Å². The van der Waals surface area contributed by atoms with Gasteiger partial charge in [-0.3, -0.25) is 4.68 Å². The van der Waals surface area contributed by atoms with E-state index in [0.29, 0.717) is 25.3 Å². The summed E-state index contributed by atoms with van der Waals surface area (Å²) in [6.45, 7) is 0.827. The molecule has 0 aliphatic heterocycles. The molecule has 174 valence electrons. The fourth-order valence-corrected chi connectivity index (χ4v) is 3.59. The van der Waals surface area contributed by atoms with Gasteiger partial charge in [0.15, 0.2) is 0 Å². The topological polar surface area (TPSA) is 57.3 Å². The third-order valence-electron chi connectivity index (χ3n) is 4.99. The molecule has 2 aromatic heterocycles. The third-order valence-corrected chi connectivity index (χ3v) is 4.99. The summed E-state index contributed by atoms with van der Waals surface area (Å²) in [5, 5.41) is 4.45. The lowest BCUT2D eigenvalue weighted by Crippen LogP contribution is -2.18. The van der Waals surface area contributed by atoms with Crippen molar-refractivity contribution in [3.63, 3.8) is 0 Å². The Morgan fingerprint density at radius 1 is 1.00 bits per heavy atom. The molecule has 0 aliphatic rings. The molecular formula is C23H24F3N5O2. The number of halogens is 3. The number of hydrogen-bond acceptors (Lipinski definition) is 5. The van der Waals surface area contributed by atoms with Gasteiger partial charge in [0.1, 0.15) is 18.1 Å². The summed E-state index contributed by atoms with van der Waals surface area (Å²) in [7, 11) is 5.74. The van der Waals surface area contributed by atoms with Gasteiger partial charge >= 0.3 is 6.36 Å². The molecular weight excluding hydrogens is 435 g/mol. The molecule has 0 saturated heterocycles. The normalized spacial score (nSPS) is 11.7. The first kappa shape index (κ1) is 22.5. The van der Waals surface area contributed by atoms with Gasteiger partial charge in [0.05, 0.1) is 23.3 Å². The summed E-state index contributed by atoms with van der Waals surface area (Å²) >= 11 is 0. The van der Waals surface area contributed by atoms with Crippen molar-refractivity contribution >= 4 is 17.0 Å². The highest BCUT2D eigenvalue weighted by Gasteiger charge is 2.31. The molecule has 10 heteroatoms. The van der Waals surface area contributed by atoms with Crippen molar-refractivity contribution in [1.82, 2.24) is 19.3 Å². The molecule has 0 radical (unpaired) electrons. The second-order valence-corrected chi connectivity index (χ2v) is 7.81. The summed E-state index contributed by atoms with van der Waals surface area (Å²) in [4.78, 5) is 6.66. The van der Waals surface area contributed by atoms with E-state index in [1.165, 1.54) is 24.3 Å². The van der Waals surface area contributed by atoms with E-state index < -0.39 is 6.36 Å². The molecule has 0 amide bonds. The van der Waals surface area contributed by atoms with Crippen LogP contribution in [0.4, 0.5) is 19.1 Å². The SMILES string of the molecule is CN(C)c1nc2ccc(Cc3ccn(C)n3)cc2n1CCOc1ccc(OC(F)(F)F)cc1. The Hall–Kier alpha value is -3.69. The van der Waals surface area contributed by atoms with Crippen LogP contribution in [0.5, 0.6) is 11.5 Å². The van der Waals surface area contributed by atoms with E-state index in [1.807, 2.05) is 44.4 Å². The second-order valence-electron chi connectivity index (χ2n) is 7.81. The van der Waals surface area contributed by atoms with Gasteiger partial charge in [-0.05, 0) is 48.0 Å². The zero-order valence-electron chi connectivity index (χ0n) is 18.5. The monoisotopic (exact) mass is 459 g/mol. The van der Waals surface area contributed by atoms with Crippen molar-refractivity contribution < 1.29 is 22.6 Å². The van der Waals surface area contributed by atoms with Crippen molar-refractivity contribution in [2.45, 2.75) is 19.3 Å². The summed E-state index contributed by atoms with van der Waals surface area (Å²) in [5.74, 6) is 0.958. The zero-order valence-corrected chi connectivity index (χ0v) is 18.5. The van der Waals surface area contributed by atoms with Crippen LogP contribution < -0.4 is 14.4 Å². The Morgan fingerprint density at radius 3 is 2.36 bits per heavy atom. The van der Waals surface area contributed by atoms with Crippen molar-refractivity contribution in [2.75, 3.05) is 25.6 Å². The van der Waals surface area contributed by atoms with Gasteiger partial charge in [0.25, 0.3) is 0 Å². The van der Waals surface area contributed by atoms with Crippen LogP contribution in [0.15, 0.2) is 54.7 Å². The minimum Gasteiger partial charge on any atom is -0.492 e. The lowest BCUT2D eigenvalue weighted by Gasteiger charge is -2.16. The van der Waals surface area contributed by atoms with Crippen LogP contribution in [0.2, 0.25) is 0 Å². The molecule has 4 rings (SSSR count). The Morgan fingerprint density at radius 2 is 1.73 bits per heavy atom. The minimum atomic E-state index is -4.72. The third kappa shape index (κ3) is 5.57. The van der Waals surface area contributed by atoms with Crippen LogP contribution in [-0.4, -0.2) is 46.4 Å². The Kier molecular flexibility index (Phi) is 6.17. The van der Waals surface area contributed by atoms with Gasteiger partial charge < -0.3 is 18.9 Å². The first-order valence-electron chi connectivity index (χ1n) is 10.3. The number of aryl methyl sites for hydroxylation is 1. The summed E-state index contributed by atoms with van der Waals surface area (Å²) in [6, 6.07) is 13.5. The number of alkyl halides is 3. The molecule has 0 N–H and O–H groups in total. The van der Waals surface area contributed by atoms with Crippen LogP contribution in [-0.2, 0) is 20.0 Å². The maximum absolute atomic E-state index is 12.3. The van der Waals surface area contributed by atoms with Gasteiger partial charge in [-0.2, -0.15) is 5.10 Å². The summed E-state index contributed by atoms with van der Waals surface area (Å²) in [5.41, 5.74) is 3.95. The first-order chi connectivity index (χ1) is 15.7. The molecule has 0 aliphatic carbocycles. The lowest BCUT2D eigenvalue weighted by molar-refractivity contribution is -0.274. The number of aromatic nitrogens is 4. The summed E-state index contributed by atoms with van der Waals surface area (Å²) < 4.78 is 50.4. The maximum Gasteiger partial charge on any atom is 0.573 e. The van der Waals surface area contributed by atoms with E-state index in [-0.39, 0.29) is 5.75 Å². The van der Waals surface area contributed by atoms with Gasteiger partial charge in [-0.25, -0.2) is 4.98 Å². The van der Waals surface area contributed by atoms with Crippen molar-refractivity contribution in [2.24, 2.45) is 7.05 Å². The number of ether oxygens (including phenoxy) is 2. The second kappa shape index (κ2) is 9.05. The van der Waals surface area contributed by atoms with Gasteiger partial charge in [0.2, 0.25) is 5.95 Å². The maximum atomic E-state index is 12.3. The lowest BCUT2D eigenvalue weighted by atomic mass is 10.1. The van der Waals surface area contributed by atoms with Crippen molar-refractivity contribution in [3.8, 4) is 11.5 Å². The van der Waals surface area contributed by atoms with Crippen molar-refractivity contribution in [1.29, 1.82) is 0 Å². The quantitative estimate of drug-likeness (QED) is 0.391.